The summed E-state index contributed by atoms with van der Waals surface area (Å²) in [7, 11) is 1.36. The molecule has 0 atom stereocenters. The molecule has 0 aliphatic heterocycles. The van der Waals surface area contributed by atoms with Gasteiger partial charge in [-0.05, 0) is 52.3 Å². The molecular weight excluding hydrogens is 476 g/mol. The molecule has 4 aromatic rings. The van der Waals surface area contributed by atoms with E-state index >= 15 is 0 Å². The smallest absolute Gasteiger partial charge is 0.311 e. The van der Waals surface area contributed by atoms with Crippen LogP contribution >= 0.6 is 15.9 Å². The molecule has 1 heterocycles. The number of hydrogen-bond donors (Lipinski definition) is 1. The summed E-state index contributed by atoms with van der Waals surface area (Å²) in [4.78, 5) is 24.2. The summed E-state index contributed by atoms with van der Waals surface area (Å²) in [6.07, 6.45) is 1.60. The lowest BCUT2D eigenvalue weighted by Crippen LogP contribution is -2.12. The first-order valence-corrected chi connectivity index (χ1v) is 10.3. The molecule has 4 rings (SSSR count). The third-order valence-corrected chi connectivity index (χ3v) is 5.44. The predicted molar refractivity (Wildman–Crippen MR) is 124 cm³/mol. The van der Waals surface area contributed by atoms with Crippen LogP contribution in [0, 0.1) is 10.1 Å². The number of hydrogen-bond acceptors (Lipinski definition) is 5. The van der Waals surface area contributed by atoms with E-state index in [4.69, 9.17) is 4.74 Å². The maximum atomic E-state index is 13.2. The summed E-state index contributed by atoms with van der Waals surface area (Å²) < 4.78 is 7.39. The first kappa shape index (κ1) is 21.3. The van der Waals surface area contributed by atoms with Crippen molar-refractivity contribution in [3.63, 3.8) is 0 Å². The van der Waals surface area contributed by atoms with E-state index in [1.165, 1.54) is 19.2 Å². The Labute approximate surface area is 191 Å². The summed E-state index contributed by atoms with van der Waals surface area (Å²) in [5, 5.41) is 18.9. The quantitative estimate of drug-likeness (QED) is 0.284. The molecule has 0 spiro atoms. The van der Waals surface area contributed by atoms with Crippen molar-refractivity contribution < 1.29 is 14.5 Å². The van der Waals surface area contributed by atoms with Crippen molar-refractivity contribution in [2.75, 3.05) is 12.4 Å². The number of methoxy groups -OCH3 is 1. The van der Waals surface area contributed by atoms with E-state index in [1.807, 2.05) is 48.5 Å². The molecule has 0 saturated heterocycles. The normalized spacial score (nSPS) is 10.6. The lowest BCUT2D eigenvalue weighted by atomic mass is 10.1. The van der Waals surface area contributed by atoms with Crippen LogP contribution in [0.5, 0.6) is 5.75 Å². The highest BCUT2D eigenvalue weighted by molar-refractivity contribution is 9.10. The number of aromatic nitrogens is 2. The number of benzene rings is 3. The zero-order chi connectivity index (χ0) is 22.7. The number of nitro groups is 1. The largest absolute Gasteiger partial charge is 0.490 e. The van der Waals surface area contributed by atoms with Gasteiger partial charge >= 0.3 is 5.69 Å². The van der Waals surface area contributed by atoms with Crippen LogP contribution < -0.4 is 10.1 Å². The topological polar surface area (TPSA) is 99.3 Å². The van der Waals surface area contributed by atoms with E-state index in [0.29, 0.717) is 16.9 Å². The number of nitrogens with zero attached hydrogens (tertiary/aromatic N) is 3. The third kappa shape index (κ3) is 4.23. The molecule has 160 valence electrons. The number of carbonyl (C=O) groups excluding carboxylic acids is 1. The first-order valence-electron chi connectivity index (χ1n) is 9.51. The summed E-state index contributed by atoms with van der Waals surface area (Å²) in [5.74, 6) is -0.270. The van der Waals surface area contributed by atoms with Crippen molar-refractivity contribution in [1.82, 2.24) is 9.78 Å². The second-order valence-corrected chi connectivity index (χ2v) is 7.60. The average Bonchev–Trinajstić information content (AvgIpc) is 3.26. The van der Waals surface area contributed by atoms with Crippen molar-refractivity contribution in [1.29, 1.82) is 0 Å². The zero-order valence-corrected chi connectivity index (χ0v) is 18.4. The van der Waals surface area contributed by atoms with Crippen LogP contribution in [-0.4, -0.2) is 27.7 Å². The number of carbonyl (C=O) groups is 1. The van der Waals surface area contributed by atoms with E-state index in [-0.39, 0.29) is 17.0 Å². The van der Waals surface area contributed by atoms with Gasteiger partial charge in [-0.1, -0.05) is 30.3 Å². The molecule has 1 amide bonds. The average molecular weight is 493 g/mol. The lowest BCUT2D eigenvalue weighted by Gasteiger charge is -2.08. The Hall–Kier alpha value is -3.98. The molecule has 1 N–H and O–H groups in total. The van der Waals surface area contributed by atoms with E-state index < -0.39 is 10.8 Å². The second-order valence-electron chi connectivity index (χ2n) is 6.75. The monoisotopic (exact) mass is 492 g/mol. The number of ether oxygens (including phenoxy) is 1. The second kappa shape index (κ2) is 9.03. The van der Waals surface area contributed by atoms with Crippen LogP contribution in [-0.2, 0) is 0 Å². The van der Waals surface area contributed by atoms with Gasteiger partial charge in [-0.15, -0.1) is 0 Å². The lowest BCUT2D eigenvalue weighted by molar-refractivity contribution is -0.385. The Kier molecular flexibility index (Phi) is 6.00. The van der Waals surface area contributed by atoms with Gasteiger partial charge in [0.25, 0.3) is 5.91 Å². The standard InChI is InChI=1S/C23H17BrN4O4/c1-32-21-12-11-15(13-20(21)28(30)31)22-17(14-27(26-22)16-7-3-2-4-8-16)23(29)25-19-10-6-5-9-18(19)24/h2-14H,1H3,(H,25,29). The van der Waals surface area contributed by atoms with Crippen LogP contribution in [0.25, 0.3) is 16.9 Å². The highest BCUT2D eigenvalue weighted by Gasteiger charge is 2.23. The van der Waals surface area contributed by atoms with Gasteiger partial charge in [-0.2, -0.15) is 5.10 Å². The van der Waals surface area contributed by atoms with Gasteiger partial charge in [0.15, 0.2) is 5.75 Å². The van der Waals surface area contributed by atoms with Gasteiger partial charge in [0.1, 0.15) is 5.69 Å². The number of nitro benzene ring substituents is 1. The number of amides is 1. The highest BCUT2D eigenvalue weighted by Crippen LogP contribution is 2.34. The minimum absolute atomic E-state index is 0.125. The summed E-state index contributed by atoms with van der Waals surface area (Å²) in [5.41, 5.74) is 2.13. The Morgan fingerprint density at radius 1 is 1.09 bits per heavy atom. The predicted octanol–water partition coefficient (Wildman–Crippen LogP) is 5.47. The van der Waals surface area contributed by atoms with Crippen LogP contribution in [0.15, 0.2) is 83.5 Å². The molecule has 0 bridgehead atoms. The molecule has 0 aliphatic rings. The summed E-state index contributed by atoms with van der Waals surface area (Å²) in [6, 6.07) is 21.0. The third-order valence-electron chi connectivity index (χ3n) is 4.75. The van der Waals surface area contributed by atoms with E-state index in [2.05, 4.69) is 26.3 Å². The maximum Gasteiger partial charge on any atom is 0.311 e. The van der Waals surface area contributed by atoms with Crippen LogP contribution in [0.2, 0.25) is 0 Å². The fourth-order valence-corrected chi connectivity index (χ4v) is 3.58. The molecule has 0 unspecified atom stereocenters. The Bertz CT molecular complexity index is 1300. The van der Waals surface area contributed by atoms with Crippen molar-refractivity contribution in [3.05, 3.63) is 99.1 Å². The van der Waals surface area contributed by atoms with Gasteiger partial charge in [0, 0.05) is 22.3 Å². The van der Waals surface area contributed by atoms with E-state index in [1.54, 1.807) is 23.0 Å². The van der Waals surface area contributed by atoms with Crippen molar-refractivity contribution in [2.45, 2.75) is 0 Å². The molecule has 0 saturated carbocycles. The summed E-state index contributed by atoms with van der Waals surface area (Å²) in [6.45, 7) is 0. The van der Waals surface area contributed by atoms with Gasteiger partial charge in [0.2, 0.25) is 0 Å². The van der Waals surface area contributed by atoms with Crippen molar-refractivity contribution >= 4 is 33.2 Å². The van der Waals surface area contributed by atoms with Crippen molar-refractivity contribution in [2.24, 2.45) is 0 Å². The Balaban J connectivity index is 1.83. The van der Waals surface area contributed by atoms with Crippen LogP contribution in [0.1, 0.15) is 10.4 Å². The van der Waals surface area contributed by atoms with Gasteiger partial charge in [-0.25, -0.2) is 4.68 Å². The molecule has 0 aliphatic carbocycles. The van der Waals surface area contributed by atoms with Crippen LogP contribution in [0.4, 0.5) is 11.4 Å². The molecular formula is C23H17BrN4O4. The zero-order valence-electron chi connectivity index (χ0n) is 16.9. The van der Waals surface area contributed by atoms with Crippen molar-refractivity contribution in [3.8, 4) is 22.7 Å². The maximum absolute atomic E-state index is 13.2. The van der Waals surface area contributed by atoms with Crippen LogP contribution in [0.3, 0.4) is 0 Å². The van der Waals surface area contributed by atoms with Gasteiger partial charge in [0.05, 0.1) is 29.0 Å². The SMILES string of the molecule is COc1ccc(-c2nn(-c3ccccc3)cc2C(=O)Nc2ccccc2Br)cc1[N+](=O)[O-]. The minimum atomic E-state index is -0.530. The van der Waals surface area contributed by atoms with Gasteiger partial charge in [-0.3, -0.25) is 14.9 Å². The summed E-state index contributed by atoms with van der Waals surface area (Å²) >= 11 is 3.42. The number of anilines is 1. The van der Waals surface area contributed by atoms with E-state index in [0.717, 1.165) is 10.2 Å². The molecule has 1 aromatic heterocycles. The molecule has 9 heteroatoms. The minimum Gasteiger partial charge on any atom is -0.490 e. The molecule has 0 radical (unpaired) electrons. The Morgan fingerprint density at radius 2 is 1.81 bits per heavy atom. The number of nitrogens with one attached hydrogen (secondary N) is 1. The number of para-hydroxylation sites is 2. The number of halogens is 1. The molecule has 32 heavy (non-hydrogen) atoms. The van der Waals surface area contributed by atoms with Gasteiger partial charge < -0.3 is 10.1 Å². The van der Waals surface area contributed by atoms with E-state index in [9.17, 15) is 14.9 Å². The fraction of sp³-hybridized carbons (Fsp3) is 0.0435. The molecule has 3 aromatic carbocycles. The first-order chi connectivity index (χ1) is 15.5. The fourth-order valence-electron chi connectivity index (χ4n) is 3.20. The Morgan fingerprint density at radius 3 is 2.50 bits per heavy atom. The highest BCUT2D eigenvalue weighted by atomic mass is 79.9. The molecule has 0 fully saturated rings. The number of rotatable bonds is 6. The molecule has 8 nitrogen and oxygen atoms in total.